The van der Waals surface area contributed by atoms with Crippen molar-refractivity contribution < 1.29 is 10.2 Å². The van der Waals surface area contributed by atoms with E-state index in [1.807, 2.05) is 0 Å². The zero-order chi connectivity index (χ0) is 10.8. The van der Waals surface area contributed by atoms with Crippen molar-refractivity contribution in [1.82, 2.24) is 10.6 Å². The van der Waals surface area contributed by atoms with Gasteiger partial charge in [0.15, 0.2) is 0 Å². The van der Waals surface area contributed by atoms with Gasteiger partial charge in [0.1, 0.15) is 0 Å². The first kappa shape index (κ1) is 13.8. The van der Waals surface area contributed by atoms with Crippen LogP contribution in [-0.4, -0.2) is 48.6 Å². The first-order valence-electron chi connectivity index (χ1n) is 5.46. The molecule has 0 heterocycles. The minimum Gasteiger partial charge on any atom is -0.395 e. The lowest BCUT2D eigenvalue weighted by molar-refractivity contribution is 0.171. The summed E-state index contributed by atoms with van der Waals surface area (Å²) in [4.78, 5) is 0. The lowest BCUT2D eigenvalue weighted by atomic mass is 10.2. The first-order chi connectivity index (χ1) is 6.78. The molecule has 0 aromatic rings. The van der Waals surface area contributed by atoms with Crippen molar-refractivity contribution in [2.75, 3.05) is 26.3 Å². The predicted molar refractivity (Wildman–Crippen MR) is 58.3 cm³/mol. The largest absolute Gasteiger partial charge is 0.395 e. The van der Waals surface area contributed by atoms with Crippen molar-refractivity contribution in [2.24, 2.45) is 0 Å². The Labute approximate surface area is 86.7 Å². The van der Waals surface area contributed by atoms with Gasteiger partial charge in [-0.2, -0.15) is 0 Å². The highest BCUT2D eigenvalue weighted by atomic mass is 16.3. The number of nitrogens with one attached hydrogen (secondary N) is 2. The Bertz CT molecular complexity index is 101. The molecule has 14 heavy (non-hydrogen) atoms. The van der Waals surface area contributed by atoms with E-state index in [1.54, 1.807) is 0 Å². The highest BCUT2D eigenvalue weighted by Crippen LogP contribution is 1.94. The van der Waals surface area contributed by atoms with Gasteiger partial charge in [-0.05, 0) is 12.8 Å². The molecule has 0 saturated carbocycles. The number of rotatable bonds is 9. The summed E-state index contributed by atoms with van der Waals surface area (Å²) in [7, 11) is 0. The summed E-state index contributed by atoms with van der Waals surface area (Å²) in [6.45, 7) is 5.96. The SMILES string of the molecule is CCC(CC)NCCNC(CO)CO. The van der Waals surface area contributed by atoms with Crippen LogP contribution in [0, 0.1) is 0 Å². The van der Waals surface area contributed by atoms with Gasteiger partial charge in [-0.3, -0.25) is 0 Å². The third kappa shape index (κ3) is 6.32. The molecule has 4 heteroatoms. The second-order valence-corrected chi connectivity index (χ2v) is 3.48. The number of aliphatic hydroxyl groups is 2. The number of hydrogen-bond donors (Lipinski definition) is 4. The van der Waals surface area contributed by atoms with Gasteiger partial charge in [-0.1, -0.05) is 13.8 Å². The lowest BCUT2D eigenvalue weighted by Crippen LogP contribution is -2.41. The normalized spacial score (nSPS) is 11.6. The molecule has 0 radical (unpaired) electrons. The molecule has 0 atom stereocenters. The van der Waals surface area contributed by atoms with Crippen molar-refractivity contribution in [3.8, 4) is 0 Å². The molecule has 0 aliphatic carbocycles. The number of aliphatic hydroxyl groups excluding tert-OH is 2. The zero-order valence-electron chi connectivity index (χ0n) is 9.29. The standard InChI is InChI=1S/C10H24N2O2/c1-3-9(4-2)11-5-6-12-10(7-13)8-14/h9-14H,3-8H2,1-2H3. The van der Waals surface area contributed by atoms with Crippen LogP contribution in [0.25, 0.3) is 0 Å². The van der Waals surface area contributed by atoms with Crippen molar-refractivity contribution in [3.05, 3.63) is 0 Å². The van der Waals surface area contributed by atoms with E-state index in [4.69, 9.17) is 10.2 Å². The second-order valence-electron chi connectivity index (χ2n) is 3.48. The van der Waals surface area contributed by atoms with Crippen molar-refractivity contribution >= 4 is 0 Å². The van der Waals surface area contributed by atoms with Crippen LogP contribution in [0.15, 0.2) is 0 Å². The highest BCUT2D eigenvalue weighted by molar-refractivity contribution is 4.67. The van der Waals surface area contributed by atoms with Gasteiger partial charge in [0, 0.05) is 19.1 Å². The smallest absolute Gasteiger partial charge is 0.0607 e. The maximum atomic E-state index is 8.78. The molecule has 0 saturated heterocycles. The Morgan fingerprint density at radius 2 is 1.29 bits per heavy atom. The Hall–Kier alpha value is -0.160. The van der Waals surface area contributed by atoms with E-state index in [2.05, 4.69) is 24.5 Å². The highest BCUT2D eigenvalue weighted by Gasteiger charge is 2.04. The summed E-state index contributed by atoms with van der Waals surface area (Å²) in [6, 6.07) is 0.400. The van der Waals surface area contributed by atoms with Crippen LogP contribution >= 0.6 is 0 Å². The molecule has 4 nitrogen and oxygen atoms in total. The van der Waals surface area contributed by atoms with E-state index in [9.17, 15) is 0 Å². The molecule has 86 valence electrons. The van der Waals surface area contributed by atoms with Crippen LogP contribution < -0.4 is 10.6 Å². The fraction of sp³-hybridized carbons (Fsp3) is 1.00. The molecule has 0 spiro atoms. The average Bonchev–Trinajstić information content (AvgIpc) is 2.24. The minimum absolute atomic E-state index is 0.0124. The van der Waals surface area contributed by atoms with Gasteiger partial charge in [-0.15, -0.1) is 0 Å². The van der Waals surface area contributed by atoms with E-state index in [1.165, 1.54) is 0 Å². The first-order valence-corrected chi connectivity index (χ1v) is 5.46. The maximum Gasteiger partial charge on any atom is 0.0607 e. The predicted octanol–water partition coefficient (Wildman–Crippen LogP) is -0.293. The summed E-state index contributed by atoms with van der Waals surface area (Å²) in [5.41, 5.74) is 0. The minimum atomic E-state index is -0.182. The fourth-order valence-electron chi connectivity index (χ4n) is 1.32. The van der Waals surface area contributed by atoms with Crippen LogP contribution in [0.4, 0.5) is 0 Å². The molecule has 0 aliphatic heterocycles. The van der Waals surface area contributed by atoms with E-state index in [0.717, 1.165) is 25.9 Å². The average molecular weight is 204 g/mol. The third-order valence-electron chi connectivity index (χ3n) is 2.42. The summed E-state index contributed by atoms with van der Waals surface area (Å²) in [6.07, 6.45) is 2.28. The topological polar surface area (TPSA) is 64.5 Å². The van der Waals surface area contributed by atoms with Crippen LogP contribution in [-0.2, 0) is 0 Å². The summed E-state index contributed by atoms with van der Waals surface area (Å²) in [5, 5.41) is 24.0. The second kappa shape index (κ2) is 9.40. The summed E-state index contributed by atoms with van der Waals surface area (Å²) >= 11 is 0. The van der Waals surface area contributed by atoms with E-state index < -0.39 is 0 Å². The lowest BCUT2D eigenvalue weighted by Gasteiger charge is -2.17. The van der Waals surface area contributed by atoms with E-state index >= 15 is 0 Å². The quantitative estimate of drug-likeness (QED) is 0.390. The van der Waals surface area contributed by atoms with Gasteiger partial charge in [0.05, 0.1) is 19.3 Å². The van der Waals surface area contributed by atoms with Gasteiger partial charge >= 0.3 is 0 Å². The third-order valence-corrected chi connectivity index (χ3v) is 2.42. The van der Waals surface area contributed by atoms with Crippen molar-refractivity contribution in [1.29, 1.82) is 0 Å². The maximum absolute atomic E-state index is 8.78. The molecule has 0 amide bonds. The molecular formula is C10H24N2O2. The molecule has 0 rings (SSSR count). The molecular weight excluding hydrogens is 180 g/mol. The molecule has 0 fully saturated rings. The van der Waals surface area contributed by atoms with E-state index in [0.29, 0.717) is 6.04 Å². The van der Waals surface area contributed by atoms with Crippen LogP contribution in [0.5, 0.6) is 0 Å². The van der Waals surface area contributed by atoms with Gasteiger partial charge in [-0.25, -0.2) is 0 Å². The molecule has 0 unspecified atom stereocenters. The molecule has 0 bridgehead atoms. The Balaban J connectivity index is 3.35. The zero-order valence-corrected chi connectivity index (χ0v) is 9.29. The number of hydrogen-bond acceptors (Lipinski definition) is 4. The molecule has 4 N–H and O–H groups in total. The van der Waals surface area contributed by atoms with Gasteiger partial charge in [0.25, 0.3) is 0 Å². The monoisotopic (exact) mass is 204 g/mol. The van der Waals surface area contributed by atoms with E-state index in [-0.39, 0.29) is 19.3 Å². The fourth-order valence-corrected chi connectivity index (χ4v) is 1.32. The van der Waals surface area contributed by atoms with Crippen LogP contribution in [0.2, 0.25) is 0 Å². The summed E-state index contributed by atoms with van der Waals surface area (Å²) < 4.78 is 0. The molecule has 0 aromatic carbocycles. The summed E-state index contributed by atoms with van der Waals surface area (Å²) in [5.74, 6) is 0. The van der Waals surface area contributed by atoms with Crippen LogP contribution in [0.1, 0.15) is 26.7 Å². The van der Waals surface area contributed by atoms with Crippen molar-refractivity contribution in [2.45, 2.75) is 38.8 Å². The van der Waals surface area contributed by atoms with Crippen molar-refractivity contribution in [3.63, 3.8) is 0 Å². The van der Waals surface area contributed by atoms with Crippen LogP contribution in [0.3, 0.4) is 0 Å². The Morgan fingerprint density at radius 3 is 1.64 bits per heavy atom. The van der Waals surface area contributed by atoms with Gasteiger partial charge in [0.2, 0.25) is 0 Å². The Kier molecular flexibility index (Phi) is 9.29. The molecule has 0 aromatic heterocycles. The molecule has 0 aliphatic rings. The van der Waals surface area contributed by atoms with Gasteiger partial charge < -0.3 is 20.8 Å². The Morgan fingerprint density at radius 1 is 0.857 bits per heavy atom.